The third-order valence-corrected chi connectivity index (χ3v) is 3.96. The zero-order valence-electron chi connectivity index (χ0n) is 15.9. The molecule has 2 N–H and O–H groups in total. The molecular formula is C21H25N3O3. The highest BCUT2D eigenvalue weighted by atomic mass is 16.5. The fourth-order valence-electron chi connectivity index (χ4n) is 2.33. The summed E-state index contributed by atoms with van der Waals surface area (Å²) in [6.07, 6.45) is 1.72. The van der Waals surface area contributed by atoms with Crippen LogP contribution in [0, 0.1) is 0 Å². The Morgan fingerprint density at radius 1 is 1.00 bits per heavy atom. The van der Waals surface area contributed by atoms with Crippen molar-refractivity contribution in [2.45, 2.75) is 32.6 Å². The number of nitrogens with one attached hydrogen (secondary N) is 2. The topological polar surface area (TPSA) is 79.8 Å². The first-order valence-corrected chi connectivity index (χ1v) is 8.83. The van der Waals surface area contributed by atoms with Crippen molar-refractivity contribution in [3.05, 3.63) is 59.7 Å². The lowest BCUT2D eigenvalue weighted by atomic mass is 10.0. The highest BCUT2D eigenvalue weighted by Crippen LogP contribution is 2.15. The largest absolute Gasteiger partial charge is 0.497 e. The number of hydrogen-bond acceptors (Lipinski definition) is 4. The Balaban J connectivity index is 1.72. The van der Waals surface area contributed by atoms with E-state index in [0.29, 0.717) is 17.4 Å². The van der Waals surface area contributed by atoms with E-state index in [-0.39, 0.29) is 24.7 Å². The summed E-state index contributed by atoms with van der Waals surface area (Å²) in [7, 11) is 1.58. The van der Waals surface area contributed by atoms with Gasteiger partial charge in [0.1, 0.15) is 5.75 Å². The number of amides is 2. The molecule has 6 nitrogen and oxygen atoms in total. The van der Waals surface area contributed by atoms with Crippen molar-refractivity contribution >= 4 is 23.7 Å². The molecular weight excluding hydrogens is 342 g/mol. The molecule has 0 aliphatic rings. The maximum atomic E-state index is 11.9. The summed E-state index contributed by atoms with van der Waals surface area (Å²) in [5.74, 6) is 0.641. The van der Waals surface area contributed by atoms with Crippen LogP contribution >= 0.6 is 0 Å². The van der Waals surface area contributed by atoms with Crippen molar-refractivity contribution in [2.24, 2.45) is 5.10 Å². The quantitative estimate of drug-likeness (QED) is 0.552. The summed E-state index contributed by atoms with van der Waals surface area (Å²) < 4.78 is 5.06. The van der Waals surface area contributed by atoms with E-state index in [2.05, 4.69) is 29.7 Å². The highest BCUT2D eigenvalue weighted by molar-refractivity contribution is 5.93. The normalized spacial score (nSPS) is 10.8. The van der Waals surface area contributed by atoms with Crippen LogP contribution in [-0.2, 0) is 9.59 Å². The Labute approximate surface area is 159 Å². The molecule has 2 aromatic rings. The van der Waals surface area contributed by atoms with Crippen LogP contribution in [0.2, 0.25) is 0 Å². The van der Waals surface area contributed by atoms with E-state index in [1.54, 1.807) is 37.6 Å². The molecule has 2 aromatic carbocycles. The van der Waals surface area contributed by atoms with Gasteiger partial charge in [0.25, 0.3) is 0 Å². The summed E-state index contributed by atoms with van der Waals surface area (Å²) in [6, 6.07) is 15.0. The van der Waals surface area contributed by atoms with Crippen LogP contribution in [0.4, 0.5) is 5.69 Å². The van der Waals surface area contributed by atoms with Gasteiger partial charge in [-0.3, -0.25) is 9.59 Å². The van der Waals surface area contributed by atoms with Gasteiger partial charge in [-0.05, 0) is 41.3 Å². The molecule has 6 heteroatoms. The first kappa shape index (κ1) is 20.2. The number of benzene rings is 2. The number of anilines is 1. The summed E-state index contributed by atoms with van der Waals surface area (Å²) in [4.78, 5) is 23.7. The maximum Gasteiger partial charge on any atom is 0.240 e. The van der Waals surface area contributed by atoms with Gasteiger partial charge < -0.3 is 10.1 Å². The number of rotatable bonds is 8. The molecule has 0 unspecified atom stereocenters. The van der Waals surface area contributed by atoms with Gasteiger partial charge in [-0.15, -0.1) is 0 Å². The lowest BCUT2D eigenvalue weighted by molar-refractivity contribution is -0.124. The molecule has 0 spiro atoms. The lowest BCUT2D eigenvalue weighted by Crippen LogP contribution is -2.20. The minimum absolute atomic E-state index is 0.0611. The number of nitrogens with zero attached hydrogens (tertiary/aromatic N) is 1. The Hall–Kier alpha value is -3.15. The van der Waals surface area contributed by atoms with Crippen molar-refractivity contribution < 1.29 is 14.3 Å². The second-order valence-corrected chi connectivity index (χ2v) is 6.39. The van der Waals surface area contributed by atoms with Crippen molar-refractivity contribution in [2.75, 3.05) is 12.4 Å². The smallest absolute Gasteiger partial charge is 0.240 e. The predicted octanol–water partition coefficient (Wildman–Crippen LogP) is 3.69. The van der Waals surface area contributed by atoms with Gasteiger partial charge in [-0.25, -0.2) is 5.43 Å². The Kier molecular flexibility index (Phi) is 7.55. The summed E-state index contributed by atoms with van der Waals surface area (Å²) >= 11 is 0. The van der Waals surface area contributed by atoms with E-state index in [9.17, 15) is 9.59 Å². The average molecular weight is 367 g/mol. The number of hydrogen-bond donors (Lipinski definition) is 2. The number of methoxy groups -OCH3 is 1. The minimum atomic E-state index is -0.310. The van der Waals surface area contributed by atoms with E-state index in [1.165, 1.54) is 5.56 Å². The van der Waals surface area contributed by atoms with Gasteiger partial charge in [-0.2, -0.15) is 5.10 Å². The minimum Gasteiger partial charge on any atom is -0.497 e. The van der Waals surface area contributed by atoms with Crippen LogP contribution in [0.25, 0.3) is 0 Å². The van der Waals surface area contributed by atoms with Gasteiger partial charge in [0.05, 0.1) is 13.3 Å². The SMILES string of the molecule is COc1ccc(NC(=O)CCC(=O)NN=Cc2ccc(C(C)C)cc2)cc1. The van der Waals surface area contributed by atoms with Gasteiger partial charge in [0.2, 0.25) is 11.8 Å². The fourth-order valence-corrected chi connectivity index (χ4v) is 2.33. The first-order valence-electron chi connectivity index (χ1n) is 8.83. The molecule has 0 saturated heterocycles. The van der Waals surface area contributed by atoms with E-state index in [4.69, 9.17) is 4.74 Å². The van der Waals surface area contributed by atoms with E-state index in [1.807, 2.05) is 24.3 Å². The molecule has 2 amide bonds. The molecule has 0 aliphatic heterocycles. The van der Waals surface area contributed by atoms with Crippen LogP contribution in [0.5, 0.6) is 5.75 Å². The van der Waals surface area contributed by atoms with Gasteiger partial charge in [-0.1, -0.05) is 38.1 Å². The predicted molar refractivity (Wildman–Crippen MR) is 107 cm³/mol. The van der Waals surface area contributed by atoms with Crippen LogP contribution in [0.3, 0.4) is 0 Å². The highest BCUT2D eigenvalue weighted by Gasteiger charge is 2.07. The van der Waals surface area contributed by atoms with Gasteiger partial charge in [0, 0.05) is 18.5 Å². The number of hydrazone groups is 1. The first-order chi connectivity index (χ1) is 13.0. The van der Waals surface area contributed by atoms with E-state index >= 15 is 0 Å². The van der Waals surface area contributed by atoms with Crippen LogP contribution < -0.4 is 15.5 Å². The molecule has 0 atom stereocenters. The Bertz CT molecular complexity index is 781. The van der Waals surface area contributed by atoms with Crippen LogP contribution in [0.15, 0.2) is 53.6 Å². The molecule has 0 aromatic heterocycles. The molecule has 0 saturated carbocycles. The molecule has 2 rings (SSSR count). The molecule has 0 heterocycles. The Morgan fingerprint density at radius 2 is 1.63 bits per heavy atom. The Morgan fingerprint density at radius 3 is 2.22 bits per heavy atom. The summed E-state index contributed by atoms with van der Waals surface area (Å²) in [5, 5.41) is 6.66. The number of ether oxygens (including phenoxy) is 1. The number of carbonyl (C=O) groups excluding carboxylic acids is 2. The monoisotopic (exact) mass is 367 g/mol. The molecule has 0 radical (unpaired) electrons. The second kappa shape index (κ2) is 10.1. The van der Waals surface area contributed by atoms with Crippen molar-refractivity contribution in [3.63, 3.8) is 0 Å². The third-order valence-electron chi connectivity index (χ3n) is 3.96. The molecule has 142 valence electrons. The summed E-state index contributed by atoms with van der Waals surface area (Å²) in [5.41, 5.74) is 5.24. The molecule has 0 aliphatic carbocycles. The van der Waals surface area contributed by atoms with Crippen LogP contribution in [-0.4, -0.2) is 25.1 Å². The van der Waals surface area contributed by atoms with Gasteiger partial charge in [0.15, 0.2) is 0 Å². The van der Waals surface area contributed by atoms with Crippen molar-refractivity contribution in [3.8, 4) is 5.75 Å². The average Bonchev–Trinajstić information content (AvgIpc) is 2.67. The summed E-state index contributed by atoms with van der Waals surface area (Å²) in [6.45, 7) is 4.27. The fraction of sp³-hybridized carbons (Fsp3) is 0.286. The van der Waals surface area contributed by atoms with E-state index < -0.39 is 0 Å². The van der Waals surface area contributed by atoms with Gasteiger partial charge >= 0.3 is 0 Å². The number of carbonyl (C=O) groups is 2. The zero-order chi connectivity index (χ0) is 19.6. The molecule has 0 fully saturated rings. The zero-order valence-corrected chi connectivity index (χ0v) is 15.9. The van der Waals surface area contributed by atoms with Crippen molar-refractivity contribution in [1.29, 1.82) is 0 Å². The molecule has 27 heavy (non-hydrogen) atoms. The lowest BCUT2D eigenvalue weighted by Gasteiger charge is -2.06. The van der Waals surface area contributed by atoms with Crippen molar-refractivity contribution in [1.82, 2.24) is 5.43 Å². The maximum absolute atomic E-state index is 11.9. The second-order valence-electron chi connectivity index (χ2n) is 6.39. The third kappa shape index (κ3) is 6.93. The van der Waals surface area contributed by atoms with Crippen LogP contribution in [0.1, 0.15) is 43.7 Å². The standard InChI is InChI=1S/C21H25N3O3/c1-15(2)17-6-4-16(5-7-17)14-22-24-21(26)13-12-20(25)23-18-8-10-19(27-3)11-9-18/h4-11,14-15H,12-13H2,1-3H3,(H,23,25)(H,24,26). The molecule has 0 bridgehead atoms. The van der Waals surface area contributed by atoms with E-state index in [0.717, 1.165) is 5.56 Å².